The molecule has 158 valence electrons. The molecule has 0 N–H and O–H groups in total. The second-order valence-corrected chi connectivity index (χ2v) is 15.1. The number of rotatable bonds is 4. The summed E-state index contributed by atoms with van der Waals surface area (Å²) in [5.41, 5.74) is 4.24. The molecule has 0 radical (unpaired) electrons. The van der Waals surface area contributed by atoms with Crippen molar-refractivity contribution in [2.24, 2.45) is 0 Å². The quantitative estimate of drug-likeness (QED) is 0.386. The van der Waals surface area contributed by atoms with Crippen LogP contribution < -0.4 is 0 Å². The molecular formula is C25H25FN2OSSi. The van der Waals surface area contributed by atoms with Crippen molar-refractivity contribution < 1.29 is 8.82 Å². The SMILES string of the molecule is CC(C)(C)[Si](C)(C)O[C@@H]1C=Cc2c(-c3cnc(-c4ccc(F)c(C#N)c4)s3)cccc21. The molecule has 1 atom stereocenters. The minimum atomic E-state index is -1.91. The molecule has 0 aliphatic heterocycles. The van der Waals surface area contributed by atoms with Crippen LogP contribution in [0.15, 0.2) is 48.7 Å². The Morgan fingerprint density at radius 2 is 1.97 bits per heavy atom. The number of hydrogen-bond acceptors (Lipinski definition) is 4. The van der Waals surface area contributed by atoms with Gasteiger partial charge in [0.2, 0.25) is 0 Å². The Labute approximate surface area is 188 Å². The number of fused-ring (bicyclic) bond motifs is 1. The highest BCUT2D eigenvalue weighted by molar-refractivity contribution is 7.18. The lowest BCUT2D eigenvalue weighted by molar-refractivity contribution is 0.232. The molecule has 0 saturated carbocycles. The van der Waals surface area contributed by atoms with Gasteiger partial charge in [-0.25, -0.2) is 9.37 Å². The minimum absolute atomic E-state index is 0.0291. The smallest absolute Gasteiger partial charge is 0.193 e. The van der Waals surface area contributed by atoms with E-state index in [4.69, 9.17) is 9.69 Å². The maximum atomic E-state index is 13.7. The molecule has 3 nitrogen and oxygen atoms in total. The lowest BCUT2D eigenvalue weighted by Gasteiger charge is -2.38. The van der Waals surface area contributed by atoms with Crippen LogP contribution >= 0.6 is 11.3 Å². The monoisotopic (exact) mass is 448 g/mol. The minimum Gasteiger partial charge on any atom is -0.406 e. The van der Waals surface area contributed by atoms with Gasteiger partial charge in [0.05, 0.1) is 16.5 Å². The van der Waals surface area contributed by atoms with Crippen molar-refractivity contribution in [3.8, 4) is 27.1 Å². The lowest BCUT2D eigenvalue weighted by atomic mass is 10.0. The topological polar surface area (TPSA) is 45.9 Å². The Morgan fingerprint density at radius 3 is 2.68 bits per heavy atom. The van der Waals surface area contributed by atoms with E-state index in [0.717, 1.165) is 21.0 Å². The van der Waals surface area contributed by atoms with E-state index in [2.05, 4.69) is 69.2 Å². The van der Waals surface area contributed by atoms with Gasteiger partial charge in [-0.05, 0) is 47.5 Å². The highest BCUT2D eigenvalue weighted by atomic mass is 32.1. The number of nitrogens with zero attached hydrogens (tertiary/aromatic N) is 2. The van der Waals surface area contributed by atoms with Crippen LogP contribution in [0.1, 0.15) is 43.6 Å². The van der Waals surface area contributed by atoms with E-state index >= 15 is 0 Å². The molecule has 3 aromatic rings. The lowest BCUT2D eigenvalue weighted by Crippen LogP contribution is -2.41. The number of thiazole rings is 1. The van der Waals surface area contributed by atoms with Gasteiger partial charge in [-0.2, -0.15) is 5.26 Å². The number of nitriles is 1. The van der Waals surface area contributed by atoms with Crippen LogP contribution in [0, 0.1) is 17.1 Å². The summed E-state index contributed by atoms with van der Waals surface area (Å²) in [5, 5.41) is 10.0. The summed E-state index contributed by atoms with van der Waals surface area (Å²) in [6.07, 6.45) is 6.11. The van der Waals surface area contributed by atoms with Crippen molar-refractivity contribution in [3.05, 3.63) is 71.2 Å². The molecule has 0 spiro atoms. The zero-order valence-corrected chi connectivity index (χ0v) is 20.2. The summed E-state index contributed by atoms with van der Waals surface area (Å²) in [4.78, 5) is 5.58. The van der Waals surface area contributed by atoms with Crippen molar-refractivity contribution in [1.82, 2.24) is 4.98 Å². The van der Waals surface area contributed by atoms with Crippen molar-refractivity contribution in [2.45, 2.75) is 45.0 Å². The van der Waals surface area contributed by atoms with Crippen LogP contribution in [0.4, 0.5) is 4.39 Å². The second kappa shape index (κ2) is 7.83. The van der Waals surface area contributed by atoms with E-state index in [9.17, 15) is 4.39 Å². The van der Waals surface area contributed by atoms with Gasteiger partial charge in [0.25, 0.3) is 0 Å². The zero-order chi connectivity index (χ0) is 22.4. The Bertz CT molecular complexity index is 1220. The molecule has 0 fully saturated rings. The zero-order valence-electron chi connectivity index (χ0n) is 18.4. The standard InChI is InChI=1S/C25H25FN2OSSi/c1-25(2,3)31(4,5)29-22-12-10-18-19(22)7-6-8-20(18)23-15-28-24(30-23)16-9-11-21(26)17(13-16)14-27/h6-13,15,22H,1-5H3/t22-/m1/s1. The van der Waals surface area contributed by atoms with E-state index in [1.54, 1.807) is 12.1 Å². The predicted molar refractivity (Wildman–Crippen MR) is 128 cm³/mol. The van der Waals surface area contributed by atoms with Crippen molar-refractivity contribution in [2.75, 3.05) is 0 Å². The van der Waals surface area contributed by atoms with Gasteiger partial charge in [-0.3, -0.25) is 0 Å². The fourth-order valence-electron chi connectivity index (χ4n) is 3.39. The van der Waals surface area contributed by atoms with Crippen LogP contribution in [-0.4, -0.2) is 13.3 Å². The Balaban J connectivity index is 1.66. The molecule has 0 unspecified atom stereocenters. The van der Waals surface area contributed by atoms with Gasteiger partial charge in [0.1, 0.15) is 16.9 Å². The molecule has 0 bridgehead atoms. The highest BCUT2D eigenvalue weighted by Gasteiger charge is 2.40. The largest absolute Gasteiger partial charge is 0.406 e. The molecule has 1 aliphatic carbocycles. The van der Waals surface area contributed by atoms with E-state index < -0.39 is 14.1 Å². The molecule has 4 rings (SSSR count). The van der Waals surface area contributed by atoms with Gasteiger partial charge in [0, 0.05) is 17.3 Å². The molecule has 1 aromatic heterocycles. The van der Waals surface area contributed by atoms with Crippen LogP contribution in [0.5, 0.6) is 0 Å². The van der Waals surface area contributed by atoms with Crippen LogP contribution in [0.2, 0.25) is 18.1 Å². The summed E-state index contributed by atoms with van der Waals surface area (Å²) >= 11 is 1.54. The Hall–Kier alpha value is -2.59. The van der Waals surface area contributed by atoms with E-state index in [1.807, 2.05) is 12.3 Å². The first kappa shape index (κ1) is 21.6. The third-order valence-electron chi connectivity index (χ3n) is 6.22. The van der Waals surface area contributed by atoms with Gasteiger partial charge in [-0.15, -0.1) is 11.3 Å². The number of benzene rings is 2. The summed E-state index contributed by atoms with van der Waals surface area (Å²) < 4.78 is 20.3. The first-order valence-electron chi connectivity index (χ1n) is 10.3. The highest BCUT2D eigenvalue weighted by Crippen LogP contribution is 2.45. The molecule has 1 heterocycles. The van der Waals surface area contributed by atoms with E-state index in [-0.39, 0.29) is 16.7 Å². The second-order valence-electron chi connectivity index (χ2n) is 9.30. The predicted octanol–water partition coefficient (Wildman–Crippen LogP) is 7.58. The third-order valence-corrected chi connectivity index (χ3v) is 11.8. The fraction of sp³-hybridized carbons (Fsp3) is 0.280. The summed E-state index contributed by atoms with van der Waals surface area (Å²) in [7, 11) is -1.91. The summed E-state index contributed by atoms with van der Waals surface area (Å²) in [6, 6.07) is 12.7. The third kappa shape index (κ3) is 4.01. The van der Waals surface area contributed by atoms with E-state index in [0.29, 0.717) is 0 Å². The molecular weight excluding hydrogens is 423 g/mol. The maximum Gasteiger partial charge on any atom is 0.193 e. The van der Waals surface area contributed by atoms with Crippen molar-refractivity contribution >= 4 is 25.7 Å². The average molecular weight is 449 g/mol. The molecule has 1 aliphatic rings. The van der Waals surface area contributed by atoms with E-state index in [1.165, 1.54) is 28.5 Å². The normalized spacial score (nSPS) is 15.7. The molecule has 31 heavy (non-hydrogen) atoms. The van der Waals surface area contributed by atoms with Crippen LogP contribution in [0.25, 0.3) is 27.1 Å². The average Bonchev–Trinajstić information content (AvgIpc) is 3.35. The first-order valence-corrected chi connectivity index (χ1v) is 14.0. The number of aromatic nitrogens is 1. The molecule has 0 amide bonds. The molecule has 0 saturated heterocycles. The Morgan fingerprint density at radius 1 is 1.19 bits per heavy atom. The fourth-order valence-corrected chi connectivity index (χ4v) is 5.54. The van der Waals surface area contributed by atoms with Gasteiger partial charge < -0.3 is 4.43 Å². The van der Waals surface area contributed by atoms with Crippen LogP contribution in [-0.2, 0) is 4.43 Å². The van der Waals surface area contributed by atoms with Crippen LogP contribution in [0.3, 0.4) is 0 Å². The van der Waals surface area contributed by atoms with Gasteiger partial charge in [-0.1, -0.05) is 51.1 Å². The first-order chi connectivity index (χ1) is 14.6. The summed E-state index contributed by atoms with van der Waals surface area (Å²) in [6.45, 7) is 11.3. The van der Waals surface area contributed by atoms with Crippen molar-refractivity contribution in [1.29, 1.82) is 5.26 Å². The maximum absolute atomic E-state index is 13.7. The van der Waals surface area contributed by atoms with Gasteiger partial charge >= 0.3 is 0 Å². The number of halogens is 1. The van der Waals surface area contributed by atoms with Crippen molar-refractivity contribution in [3.63, 3.8) is 0 Å². The Kier molecular flexibility index (Phi) is 5.46. The number of hydrogen-bond donors (Lipinski definition) is 0. The van der Waals surface area contributed by atoms with Gasteiger partial charge in [0.15, 0.2) is 8.32 Å². The summed E-state index contributed by atoms with van der Waals surface area (Å²) in [5.74, 6) is -0.512. The molecule has 6 heteroatoms. The molecule has 2 aromatic carbocycles.